The Morgan fingerprint density at radius 2 is 1.96 bits per heavy atom. The van der Waals surface area contributed by atoms with Crippen molar-refractivity contribution in [2.45, 2.75) is 40.0 Å². The fourth-order valence-corrected chi connectivity index (χ4v) is 3.35. The quantitative estimate of drug-likeness (QED) is 0.703. The van der Waals surface area contributed by atoms with Crippen molar-refractivity contribution in [1.29, 1.82) is 0 Å². The summed E-state index contributed by atoms with van der Waals surface area (Å²) in [4.78, 5) is 13.0. The maximum absolute atomic E-state index is 13.0. The Bertz CT molecular complexity index is 984. The van der Waals surface area contributed by atoms with Gasteiger partial charge in [-0.3, -0.25) is 9.36 Å². The van der Waals surface area contributed by atoms with Gasteiger partial charge in [0.1, 0.15) is 5.52 Å². The van der Waals surface area contributed by atoms with Crippen molar-refractivity contribution in [3.63, 3.8) is 0 Å². The zero-order valence-corrected chi connectivity index (χ0v) is 15.5. The molecule has 0 N–H and O–H groups in total. The minimum absolute atomic E-state index is 0.0160. The van der Waals surface area contributed by atoms with E-state index in [9.17, 15) is 4.79 Å². The van der Waals surface area contributed by atoms with Gasteiger partial charge in [0.15, 0.2) is 5.82 Å². The lowest BCUT2D eigenvalue weighted by Crippen LogP contribution is -2.24. The molecule has 24 heavy (non-hydrogen) atoms. The molecular weight excluding hydrogens is 322 g/mol. The summed E-state index contributed by atoms with van der Waals surface area (Å²) in [6.45, 7) is 8.24. The van der Waals surface area contributed by atoms with Crippen molar-refractivity contribution in [2.24, 2.45) is 7.05 Å². The Morgan fingerprint density at radius 3 is 2.58 bits per heavy atom. The molecule has 2 aromatic heterocycles. The number of nitrogens with zero attached hydrogens (tertiary/aromatic N) is 3. The summed E-state index contributed by atoms with van der Waals surface area (Å²) >= 11 is 6.06. The van der Waals surface area contributed by atoms with Gasteiger partial charge in [-0.05, 0) is 61.6 Å². The summed E-state index contributed by atoms with van der Waals surface area (Å²) in [5, 5.41) is 5.45. The number of aromatic nitrogens is 3. The molecule has 3 rings (SSSR count). The molecule has 0 aliphatic heterocycles. The van der Waals surface area contributed by atoms with E-state index in [1.807, 2.05) is 32.0 Å². The van der Waals surface area contributed by atoms with Gasteiger partial charge in [-0.2, -0.15) is 0 Å². The van der Waals surface area contributed by atoms with Crippen molar-refractivity contribution in [2.75, 3.05) is 0 Å². The molecule has 0 fully saturated rings. The average Bonchev–Trinajstić information content (AvgIpc) is 2.87. The van der Waals surface area contributed by atoms with Crippen LogP contribution in [-0.2, 0) is 7.05 Å². The molecule has 0 amide bonds. The lowest BCUT2D eigenvalue weighted by atomic mass is 10.00. The van der Waals surface area contributed by atoms with Crippen LogP contribution in [0.3, 0.4) is 0 Å². The maximum Gasteiger partial charge on any atom is 0.278 e. The SMILES string of the molecule is CCC(C)c1cc(C)n2nc(-c3ccc(Cl)cc3C)n(C)c(=O)c12. The highest BCUT2D eigenvalue weighted by atomic mass is 35.5. The van der Waals surface area contributed by atoms with Crippen LogP contribution < -0.4 is 5.56 Å². The Labute approximate surface area is 146 Å². The molecular formula is C19H22ClN3O. The minimum atomic E-state index is -0.0160. The minimum Gasteiger partial charge on any atom is -0.293 e. The van der Waals surface area contributed by atoms with Crippen molar-refractivity contribution >= 4 is 17.1 Å². The largest absolute Gasteiger partial charge is 0.293 e. The molecule has 0 saturated carbocycles. The summed E-state index contributed by atoms with van der Waals surface area (Å²) in [6, 6.07) is 7.71. The van der Waals surface area contributed by atoms with Crippen molar-refractivity contribution in [3.8, 4) is 11.4 Å². The van der Waals surface area contributed by atoms with Crippen LogP contribution >= 0.6 is 11.6 Å². The average molecular weight is 344 g/mol. The van der Waals surface area contributed by atoms with Crippen LogP contribution in [0.25, 0.3) is 16.9 Å². The first-order valence-corrected chi connectivity index (χ1v) is 8.58. The molecule has 0 radical (unpaired) electrons. The summed E-state index contributed by atoms with van der Waals surface area (Å²) in [5.41, 5.74) is 4.63. The second-order valence-corrected chi connectivity index (χ2v) is 6.89. The van der Waals surface area contributed by atoms with Crippen LogP contribution in [0, 0.1) is 13.8 Å². The van der Waals surface area contributed by atoms with Crippen LogP contribution in [0.15, 0.2) is 29.1 Å². The van der Waals surface area contributed by atoms with Gasteiger partial charge in [0.2, 0.25) is 0 Å². The third kappa shape index (κ3) is 2.55. The highest BCUT2D eigenvalue weighted by Crippen LogP contribution is 2.27. The number of hydrogen-bond acceptors (Lipinski definition) is 2. The van der Waals surface area contributed by atoms with E-state index in [0.717, 1.165) is 28.8 Å². The summed E-state index contributed by atoms with van der Waals surface area (Å²) < 4.78 is 3.42. The van der Waals surface area contributed by atoms with Gasteiger partial charge in [-0.15, -0.1) is 5.10 Å². The van der Waals surface area contributed by atoms with E-state index < -0.39 is 0 Å². The van der Waals surface area contributed by atoms with E-state index in [0.29, 0.717) is 22.3 Å². The maximum atomic E-state index is 13.0. The first-order chi connectivity index (χ1) is 11.3. The van der Waals surface area contributed by atoms with Gasteiger partial charge < -0.3 is 0 Å². The third-order valence-corrected chi connectivity index (χ3v) is 5.01. The molecule has 1 unspecified atom stereocenters. The van der Waals surface area contributed by atoms with Crippen LogP contribution in [0.2, 0.25) is 5.02 Å². The van der Waals surface area contributed by atoms with Crippen molar-refractivity contribution in [3.05, 3.63) is 56.5 Å². The third-order valence-electron chi connectivity index (χ3n) is 4.78. The summed E-state index contributed by atoms with van der Waals surface area (Å²) in [7, 11) is 1.78. The molecule has 126 valence electrons. The Hall–Kier alpha value is -2.07. The fourth-order valence-electron chi connectivity index (χ4n) is 3.12. The van der Waals surface area contributed by atoms with Gasteiger partial charge in [-0.1, -0.05) is 25.4 Å². The number of rotatable bonds is 3. The predicted octanol–water partition coefficient (Wildman–Crippen LogP) is 4.48. The number of fused-ring (bicyclic) bond motifs is 1. The zero-order chi connectivity index (χ0) is 17.6. The van der Waals surface area contributed by atoms with Gasteiger partial charge in [0.25, 0.3) is 5.56 Å². The predicted molar refractivity (Wildman–Crippen MR) is 99.1 cm³/mol. The fraction of sp³-hybridized carbons (Fsp3) is 0.368. The highest BCUT2D eigenvalue weighted by molar-refractivity contribution is 6.30. The first-order valence-electron chi connectivity index (χ1n) is 8.21. The molecule has 0 aliphatic carbocycles. The Balaban J connectivity index is 2.35. The standard InChI is InChI=1S/C19H22ClN3O/c1-6-11(2)16-10-13(4)23-17(16)19(24)22(5)18(21-23)15-8-7-14(20)9-12(15)3/h7-11H,6H2,1-5H3. The van der Waals surface area contributed by atoms with E-state index >= 15 is 0 Å². The Morgan fingerprint density at radius 1 is 1.25 bits per heavy atom. The molecule has 0 spiro atoms. The number of hydrogen-bond donors (Lipinski definition) is 0. The van der Waals surface area contributed by atoms with Crippen LogP contribution in [-0.4, -0.2) is 14.2 Å². The monoisotopic (exact) mass is 343 g/mol. The lowest BCUT2D eigenvalue weighted by molar-refractivity contribution is 0.728. The molecule has 5 heteroatoms. The van der Waals surface area contributed by atoms with Crippen LogP contribution in [0.4, 0.5) is 0 Å². The van der Waals surface area contributed by atoms with Crippen molar-refractivity contribution in [1.82, 2.24) is 14.2 Å². The van der Waals surface area contributed by atoms with E-state index in [1.54, 1.807) is 16.1 Å². The first kappa shape index (κ1) is 16.8. The van der Waals surface area contributed by atoms with Gasteiger partial charge in [-0.25, -0.2) is 4.52 Å². The topological polar surface area (TPSA) is 39.3 Å². The second-order valence-electron chi connectivity index (χ2n) is 6.46. The molecule has 2 heterocycles. The second kappa shape index (κ2) is 6.10. The molecule has 0 bridgehead atoms. The number of halogens is 1. The number of aryl methyl sites for hydroxylation is 2. The normalized spacial score (nSPS) is 12.8. The van der Waals surface area contributed by atoms with E-state index in [-0.39, 0.29) is 5.56 Å². The molecule has 4 nitrogen and oxygen atoms in total. The van der Waals surface area contributed by atoms with Crippen LogP contribution in [0.1, 0.15) is 43.0 Å². The van der Waals surface area contributed by atoms with Gasteiger partial charge in [0.05, 0.1) is 0 Å². The molecule has 1 atom stereocenters. The van der Waals surface area contributed by atoms with E-state index in [4.69, 9.17) is 16.7 Å². The van der Waals surface area contributed by atoms with Gasteiger partial charge >= 0.3 is 0 Å². The zero-order valence-electron chi connectivity index (χ0n) is 14.7. The highest BCUT2D eigenvalue weighted by Gasteiger charge is 2.19. The van der Waals surface area contributed by atoms with Gasteiger partial charge in [0, 0.05) is 23.3 Å². The lowest BCUT2D eigenvalue weighted by Gasteiger charge is -2.13. The Kier molecular flexibility index (Phi) is 4.26. The molecule has 3 aromatic rings. The van der Waals surface area contributed by atoms with Crippen LogP contribution in [0.5, 0.6) is 0 Å². The number of benzene rings is 1. The summed E-state index contributed by atoms with van der Waals surface area (Å²) in [5.74, 6) is 0.974. The van der Waals surface area contributed by atoms with E-state index in [1.165, 1.54) is 0 Å². The van der Waals surface area contributed by atoms with Crippen molar-refractivity contribution < 1.29 is 0 Å². The molecule has 0 aliphatic rings. The summed E-state index contributed by atoms with van der Waals surface area (Å²) in [6.07, 6.45) is 0.986. The van der Waals surface area contributed by atoms with E-state index in [2.05, 4.69) is 19.9 Å². The molecule has 1 aromatic carbocycles. The smallest absolute Gasteiger partial charge is 0.278 e. The molecule has 0 saturated heterocycles.